The third-order valence-electron chi connectivity index (χ3n) is 2.00. The van der Waals surface area contributed by atoms with Crippen LogP contribution in [0.2, 0.25) is 0 Å². The van der Waals surface area contributed by atoms with Crippen molar-refractivity contribution in [1.82, 2.24) is 0 Å². The maximum absolute atomic E-state index is 10.6. The fourth-order valence-corrected chi connectivity index (χ4v) is 1.29. The molecule has 3 radical (unpaired) electrons. The van der Waals surface area contributed by atoms with E-state index in [0.717, 1.165) is 0 Å². The van der Waals surface area contributed by atoms with Gasteiger partial charge in [0, 0.05) is 17.5 Å². The fourth-order valence-electron chi connectivity index (χ4n) is 1.29. The van der Waals surface area contributed by atoms with Crippen LogP contribution in [0.15, 0.2) is 24.3 Å². The summed E-state index contributed by atoms with van der Waals surface area (Å²) in [4.78, 5) is 10.2. The molecule has 73 valence electrons. The molecule has 0 aliphatic rings. The van der Waals surface area contributed by atoms with Gasteiger partial charge in [-0.1, -0.05) is 25.1 Å². The highest BCUT2D eigenvalue weighted by Crippen LogP contribution is 2.25. The third-order valence-corrected chi connectivity index (χ3v) is 2.00. The highest BCUT2D eigenvalue weighted by Gasteiger charge is 2.17. The van der Waals surface area contributed by atoms with Crippen LogP contribution in [0.25, 0.3) is 0 Å². The predicted octanol–water partition coefficient (Wildman–Crippen LogP) is 2.26. The zero-order chi connectivity index (χ0) is 10.6. The minimum atomic E-state index is -0.421. The van der Waals surface area contributed by atoms with Crippen LogP contribution in [0.4, 0.5) is 5.69 Å². The summed E-state index contributed by atoms with van der Waals surface area (Å²) in [5, 5.41) is 10.6. The van der Waals surface area contributed by atoms with E-state index in [1.807, 2.05) is 0 Å². The molecule has 1 rings (SSSR count). The van der Waals surface area contributed by atoms with E-state index in [1.54, 1.807) is 25.1 Å². The molecule has 1 aromatic rings. The Labute approximate surface area is 82.7 Å². The summed E-state index contributed by atoms with van der Waals surface area (Å²) < 4.78 is 4.22. The summed E-state index contributed by atoms with van der Waals surface area (Å²) in [5.74, 6) is -0.144. The molecule has 0 heterocycles. The number of nitrogens with zero attached hydrogens (tertiary/aromatic N) is 1. The van der Waals surface area contributed by atoms with Gasteiger partial charge >= 0.3 is 0 Å². The Hall–Kier alpha value is -1.42. The molecule has 0 aliphatic carbocycles. The number of para-hydroxylation sites is 1. The second-order valence-corrected chi connectivity index (χ2v) is 3.03. The zero-order valence-electron chi connectivity index (χ0n) is 7.77. The Morgan fingerprint density at radius 1 is 1.57 bits per heavy atom. The maximum Gasteiger partial charge on any atom is 0.272 e. The van der Waals surface area contributed by atoms with Crippen molar-refractivity contribution in [3.05, 3.63) is 47.1 Å². The van der Waals surface area contributed by atoms with E-state index in [9.17, 15) is 10.1 Å². The van der Waals surface area contributed by atoms with Crippen molar-refractivity contribution in [2.24, 2.45) is 0 Å². The van der Waals surface area contributed by atoms with Crippen LogP contribution in [0.1, 0.15) is 18.4 Å². The van der Waals surface area contributed by atoms with Crippen molar-refractivity contribution in [2.45, 2.75) is 12.8 Å². The molecule has 0 aromatic heterocycles. The monoisotopic (exact) mass is 192 g/mol. The van der Waals surface area contributed by atoms with Crippen LogP contribution in [0.5, 0.6) is 0 Å². The van der Waals surface area contributed by atoms with Crippen LogP contribution >= 0.6 is 0 Å². The van der Waals surface area contributed by atoms with E-state index in [4.69, 9.17) is 7.11 Å². The lowest BCUT2D eigenvalue weighted by Crippen LogP contribution is -2.04. The summed E-state index contributed by atoms with van der Waals surface area (Å²) in [6, 6.07) is 6.50. The van der Waals surface area contributed by atoms with E-state index >= 15 is 0 Å². The molecule has 1 aromatic carbocycles. The fraction of sp³-hybridized carbons (Fsp3) is 0.300. The lowest BCUT2D eigenvalue weighted by molar-refractivity contribution is -0.385. The second kappa shape index (κ2) is 4.72. The SMILES string of the molecule is [C]OCC(C)c1ccccc1[N+](=O)[O-]. The molecule has 4 nitrogen and oxygen atoms in total. The first-order valence-corrected chi connectivity index (χ1v) is 4.18. The van der Waals surface area contributed by atoms with Gasteiger partial charge in [0.2, 0.25) is 0 Å². The number of hydrogen-bond acceptors (Lipinski definition) is 3. The quantitative estimate of drug-likeness (QED) is 0.543. The molecule has 0 spiro atoms. The number of ether oxygens (including phenoxy) is 1. The van der Waals surface area contributed by atoms with Gasteiger partial charge in [0.15, 0.2) is 7.11 Å². The molecule has 0 fully saturated rings. The van der Waals surface area contributed by atoms with Crippen molar-refractivity contribution >= 4 is 5.69 Å². The Kier molecular flexibility index (Phi) is 3.59. The molecule has 14 heavy (non-hydrogen) atoms. The van der Waals surface area contributed by atoms with Gasteiger partial charge in [0.25, 0.3) is 5.69 Å². The van der Waals surface area contributed by atoms with Gasteiger partial charge < -0.3 is 4.74 Å². The van der Waals surface area contributed by atoms with E-state index in [0.29, 0.717) is 5.56 Å². The highest BCUT2D eigenvalue weighted by molar-refractivity contribution is 5.42. The lowest BCUT2D eigenvalue weighted by atomic mass is 10.0. The smallest absolute Gasteiger partial charge is 0.272 e. The summed E-state index contributed by atoms with van der Waals surface area (Å²) >= 11 is 0. The summed E-state index contributed by atoms with van der Waals surface area (Å²) in [7, 11) is 6.59. The Balaban J connectivity index is 3.00. The first kappa shape index (κ1) is 10.7. The van der Waals surface area contributed by atoms with Gasteiger partial charge in [-0.25, -0.2) is 0 Å². The summed E-state index contributed by atoms with van der Waals surface area (Å²) in [6.45, 7) is 1.95. The molecule has 0 N–H and O–H groups in total. The average Bonchev–Trinajstić information content (AvgIpc) is 2.18. The van der Waals surface area contributed by atoms with Gasteiger partial charge in [-0.2, -0.15) is 0 Å². The standard InChI is InChI=1S/C10H10NO3/c1-8(7-14-2)9-5-3-4-6-10(9)11(12)13/h3-6,8H,7H2,1H3. The van der Waals surface area contributed by atoms with Gasteiger partial charge in [-0.05, 0) is 0 Å². The Bertz CT molecular complexity index is 325. The first-order valence-electron chi connectivity index (χ1n) is 4.18. The largest absolute Gasteiger partial charge is 0.364 e. The van der Waals surface area contributed by atoms with Gasteiger partial charge in [-0.3, -0.25) is 10.1 Å². The van der Waals surface area contributed by atoms with Gasteiger partial charge in [0.1, 0.15) is 0 Å². The Morgan fingerprint density at radius 2 is 2.21 bits per heavy atom. The molecular weight excluding hydrogens is 182 g/mol. The third kappa shape index (κ3) is 2.29. The van der Waals surface area contributed by atoms with Gasteiger partial charge in [0.05, 0.1) is 11.5 Å². The van der Waals surface area contributed by atoms with E-state index in [2.05, 4.69) is 4.74 Å². The number of benzene rings is 1. The minimum absolute atomic E-state index is 0.0806. The normalized spacial score (nSPS) is 12.4. The number of hydrogen-bond donors (Lipinski definition) is 0. The van der Waals surface area contributed by atoms with Crippen molar-refractivity contribution in [1.29, 1.82) is 0 Å². The molecule has 4 heteroatoms. The van der Waals surface area contributed by atoms with Crippen LogP contribution < -0.4 is 0 Å². The maximum atomic E-state index is 10.6. The van der Waals surface area contributed by atoms with Crippen molar-refractivity contribution < 1.29 is 9.66 Å². The Morgan fingerprint density at radius 3 is 2.79 bits per heavy atom. The number of rotatable bonds is 4. The minimum Gasteiger partial charge on any atom is -0.364 e. The first-order chi connectivity index (χ1) is 6.66. The number of nitro benzene ring substituents is 1. The average molecular weight is 192 g/mol. The van der Waals surface area contributed by atoms with Crippen LogP contribution in [-0.2, 0) is 4.74 Å². The van der Waals surface area contributed by atoms with Crippen molar-refractivity contribution in [3.63, 3.8) is 0 Å². The molecule has 0 saturated heterocycles. The molecule has 0 amide bonds. The molecule has 1 unspecified atom stereocenters. The van der Waals surface area contributed by atoms with E-state index < -0.39 is 4.92 Å². The van der Waals surface area contributed by atoms with Crippen LogP contribution in [-0.4, -0.2) is 11.5 Å². The zero-order valence-corrected chi connectivity index (χ0v) is 7.77. The van der Waals surface area contributed by atoms with Crippen molar-refractivity contribution in [3.8, 4) is 0 Å². The second-order valence-electron chi connectivity index (χ2n) is 3.03. The van der Waals surface area contributed by atoms with Gasteiger partial charge in [-0.15, -0.1) is 0 Å². The highest BCUT2D eigenvalue weighted by atomic mass is 16.6. The molecular formula is C10H10NO3. The molecule has 1 atom stereocenters. The molecule has 0 bridgehead atoms. The van der Waals surface area contributed by atoms with E-state index in [-0.39, 0.29) is 18.2 Å². The number of nitro groups is 1. The van der Waals surface area contributed by atoms with Crippen LogP contribution in [0, 0.1) is 17.2 Å². The molecule has 0 aliphatic heterocycles. The van der Waals surface area contributed by atoms with Crippen molar-refractivity contribution in [2.75, 3.05) is 6.61 Å². The van der Waals surface area contributed by atoms with E-state index in [1.165, 1.54) is 6.07 Å². The topological polar surface area (TPSA) is 52.4 Å². The lowest BCUT2D eigenvalue weighted by Gasteiger charge is -2.09. The summed E-state index contributed by atoms with van der Waals surface area (Å²) in [5.41, 5.74) is 0.682. The predicted molar refractivity (Wildman–Crippen MR) is 50.7 cm³/mol. The summed E-state index contributed by atoms with van der Waals surface area (Å²) in [6.07, 6.45) is 0. The van der Waals surface area contributed by atoms with Crippen LogP contribution in [0.3, 0.4) is 0 Å². The molecule has 0 saturated carbocycles.